The molecule has 5 nitrogen and oxygen atoms in total. The number of benzene rings is 1. The average molecular weight is 306 g/mol. The van der Waals surface area contributed by atoms with E-state index in [4.69, 9.17) is 9.52 Å². The molecule has 0 atom stereocenters. The van der Waals surface area contributed by atoms with Crippen molar-refractivity contribution in [3.05, 3.63) is 59.3 Å². The van der Waals surface area contributed by atoms with Gasteiger partial charge < -0.3 is 20.2 Å². The highest BCUT2D eigenvalue weighted by Crippen LogP contribution is 2.07. The molecule has 0 fully saturated rings. The van der Waals surface area contributed by atoms with E-state index in [1.165, 1.54) is 12.1 Å². The molecule has 0 saturated carbocycles. The van der Waals surface area contributed by atoms with Gasteiger partial charge in [0.1, 0.15) is 23.9 Å². The van der Waals surface area contributed by atoms with Crippen LogP contribution in [0.3, 0.4) is 0 Å². The lowest BCUT2D eigenvalue weighted by Gasteiger charge is -2.06. The van der Waals surface area contributed by atoms with Crippen molar-refractivity contribution in [2.45, 2.75) is 19.6 Å². The molecule has 0 aliphatic carbocycles. The molecule has 0 saturated heterocycles. The predicted octanol–water partition coefficient (Wildman–Crippen LogP) is 1.36. The minimum atomic E-state index is -0.340. The van der Waals surface area contributed by atoms with Crippen LogP contribution in [0.15, 0.2) is 40.8 Å². The number of halogens is 1. The van der Waals surface area contributed by atoms with Crippen LogP contribution in [-0.2, 0) is 24.4 Å². The smallest absolute Gasteiger partial charge is 0.224 e. The maximum absolute atomic E-state index is 13.0. The molecule has 1 aromatic carbocycles. The van der Waals surface area contributed by atoms with Crippen LogP contribution < -0.4 is 10.6 Å². The first-order valence-corrected chi connectivity index (χ1v) is 7.07. The molecule has 2 rings (SSSR count). The molecule has 1 heterocycles. The number of carbonyl (C=O) groups is 1. The number of nitrogens with one attached hydrogen (secondary N) is 2. The molecule has 0 radical (unpaired) electrons. The zero-order valence-electron chi connectivity index (χ0n) is 12.1. The van der Waals surface area contributed by atoms with Crippen molar-refractivity contribution in [2.75, 3.05) is 13.1 Å². The van der Waals surface area contributed by atoms with E-state index in [2.05, 4.69) is 10.6 Å². The van der Waals surface area contributed by atoms with Crippen LogP contribution in [0.2, 0.25) is 0 Å². The molecular weight excluding hydrogens is 287 g/mol. The molecule has 3 N–H and O–H groups in total. The van der Waals surface area contributed by atoms with Gasteiger partial charge in [0.25, 0.3) is 0 Å². The van der Waals surface area contributed by atoms with Crippen molar-refractivity contribution in [3.8, 4) is 0 Å². The normalized spacial score (nSPS) is 10.6. The van der Waals surface area contributed by atoms with Crippen LogP contribution in [0.4, 0.5) is 4.39 Å². The molecule has 0 unspecified atom stereocenters. The van der Waals surface area contributed by atoms with Crippen molar-refractivity contribution < 1.29 is 18.7 Å². The molecule has 0 bridgehead atoms. The molecular formula is C16H19FN2O3. The fourth-order valence-corrected chi connectivity index (χ4v) is 2.00. The van der Waals surface area contributed by atoms with Crippen LogP contribution in [-0.4, -0.2) is 24.1 Å². The zero-order chi connectivity index (χ0) is 15.8. The van der Waals surface area contributed by atoms with Gasteiger partial charge in [-0.1, -0.05) is 12.1 Å². The number of furan rings is 1. The van der Waals surface area contributed by atoms with Crippen molar-refractivity contribution in [1.82, 2.24) is 10.6 Å². The highest BCUT2D eigenvalue weighted by Gasteiger charge is 2.04. The predicted molar refractivity (Wildman–Crippen MR) is 79.5 cm³/mol. The summed E-state index contributed by atoms with van der Waals surface area (Å²) in [4.78, 5) is 11.7. The highest BCUT2D eigenvalue weighted by molar-refractivity contribution is 5.78. The molecule has 0 aliphatic heterocycles. The van der Waals surface area contributed by atoms with Crippen molar-refractivity contribution in [3.63, 3.8) is 0 Å². The Bertz CT molecular complexity index is 613. The largest absolute Gasteiger partial charge is 0.462 e. The number of hydrogen-bond acceptors (Lipinski definition) is 4. The second kappa shape index (κ2) is 8.31. The summed E-state index contributed by atoms with van der Waals surface area (Å²) in [7, 11) is 0. The Morgan fingerprint density at radius 1 is 1.18 bits per heavy atom. The van der Waals surface area contributed by atoms with Gasteiger partial charge in [-0.2, -0.15) is 0 Å². The quantitative estimate of drug-likeness (QED) is 0.644. The summed E-state index contributed by atoms with van der Waals surface area (Å²) in [6, 6.07) is 9.52. The Balaban J connectivity index is 1.61. The third-order valence-electron chi connectivity index (χ3n) is 3.05. The highest BCUT2D eigenvalue weighted by atomic mass is 19.1. The number of aliphatic hydroxyl groups excluding tert-OH is 1. The molecule has 6 heteroatoms. The lowest BCUT2D eigenvalue weighted by molar-refractivity contribution is -0.120. The number of rotatable bonds is 8. The molecule has 0 aliphatic rings. The van der Waals surface area contributed by atoms with Gasteiger partial charge in [-0.15, -0.1) is 0 Å². The summed E-state index contributed by atoms with van der Waals surface area (Å²) in [5.74, 6) is 0.774. The minimum absolute atomic E-state index is 0.115. The maximum Gasteiger partial charge on any atom is 0.224 e. The number of aliphatic hydroxyl groups is 1. The zero-order valence-corrected chi connectivity index (χ0v) is 12.1. The van der Waals surface area contributed by atoms with E-state index < -0.39 is 0 Å². The number of hydrogen-bond donors (Lipinski definition) is 3. The Labute approximate surface area is 128 Å². The first-order chi connectivity index (χ1) is 10.7. The Morgan fingerprint density at radius 3 is 2.73 bits per heavy atom. The topological polar surface area (TPSA) is 74.5 Å². The summed E-state index contributed by atoms with van der Waals surface area (Å²) in [5, 5.41) is 14.8. The Kier molecular flexibility index (Phi) is 6.12. The van der Waals surface area contributed by atoms with E-state index in [9.17, 15) is 9.18 Å². The summed E-state index contributed by atoms with van der Waals surface area (Å²) in [6.07, 6.45) is 0.163. The van der Waals surface area contributed by atoms with Gasteiger partial charge in [0, 0.05) is 13.1 Å². The van der Waals surface area contributed by atoms with Gasteiger partial charge in [0.15, 0.2) is 0 Å². The van der Waals surface area contributed by atoms with Gasteiger partial charge >= 0.3 is 0 Å². The van der Waals surface area contributed by atoms with Crippen LogP contribution in [0, 0.1) is 5.82 Å². The second-order valence-electron chi connectivity index (χ2n) is 4.86. The van der Waals surface area contributed by atoms with Crippen LogP contribution in [0.1, 0.15) is 17.1 Å². The fourth-order valence-electron chi connectivity index (χ4n) is 2.00. The van der Waals surface area contributed by atoms with E-state index in [-0.39, 0.29) is 24.8 Å². The first kappa shape index (κ1) is 16.2. The van der Waals surface area contributed by atoms with Gasteiger partial charge in [0.05, 0.1) is 13.0 Å². The Hall–Kier alpha value is -2.18. The number of carbonyl (C=O) groups excluding carboxylic acids is 1. The van der Waals surface area contributed by atoms with Gasteiger partial charge in [-0.25, -0.2) is 4.39 Å². The Morgan fingerprint density at radius 2 is 2.00 bits per heavy atom. The maximum atomic E-state index is 13.0. The summed E-state index contributed by atoms with van der Waals surface area (Å²) < 4.78 is 18.3. The average Bonchev–Trinajstić information content (AvgIpc) is 2.95. The van der Waals surface area contributed by atoms with E-state index >= 15 is 0 Å². The molecule has 1 aromatic heterocycles. The monoisotopic (exact) mass is 306 g/mol. The SMILES string of the molecule is O=C(Cc1cccc(F)c1)NCCNCc1ccc(CO)o1. The first-order valence-electron chi connectivity index (χ1n) is 7.07. The van der Waals surface area contributed by atoms with Gasteiger partial charge in [0.2, 0.25) is 5.91 Å². The van der Waals surface area contributed by atoms with Crippen molar-refractivity contribution >= 4 is 5.91 Å². The number of amides is 1. The van der Waals surface area contributed by atoms with Crippen LogP contribution in [0.5, 0.6) is 0 Å². The molecule has 1 amide bonds. The van der Waals surface area contributed by atoms with E-state index in [0.717, 1.165) is 5.76 Å². The summed E-state index contributed by atoms with van der Waals surface area (Å²) in [5.41, 5.74) is 0.651. The van der Waals surface area contributed by atoms with Crippen LogP contribution in [0.25, 0.3) is 0 Å². The summed E-state index contributed by atoms with van der Waals surface area (Å²) >= 11 is 0. The van der Waals surface area contributed by atoms with Gasteiger partial charge in [-0.05, 0) is 29.8 Å². The third-order valence-corrected chi connectivity index (χ3v) is 3.05. The third kappa shape index (κ3) is 5.31. The van der Waals surface area contributed by atoms with E-state index in [1.54, 1.807) is 24.3 Å². The summed E-state index contributed by atoms with van der Waals surface area (Å²) in [6.45, 7) is 1.47. The second-order valence-corrected chi connectivity index (χ2v) is 4.86. The molecule has 2 aromatic rings. The standard InChI is InChI=1S/C16H19FN2O3/c17-13-3-1-2-12(8-13)9-16(21)19-7-6-18-10-14-4-5-15(11-20)22-14/h1-5,8,18,20H,6-7,9-11H2,(H,19,21). The minimum Gasteiger partial charge on any atom is -0.462 e. The van der Waals surface area contributed by atoms with E-state index in [0.29, 0.717) is 31.0 Å². The molecule has 0 spiro atoms. The lowest BCUT2D eigenvalue weighted by Crippen LogP contribution is -2.32. The van der Waals surface area contributed by atoms with Crippen molar-refractivity contribution in [1.29, 1.82) is 0 Å². The fraction of sp³-hybridized carbons (Fsp3) is 0.312. The molecule has 118 valence electrons. The van der Waals surface area contributed by atoms with Crippen molar-refractivity contribution in [2.24, 2.45) is 0 Å². The van der Waals surface area contributed by atoms with Crippen LogP contribution >= 0.6 is 0 Å². The van der Waals surface area contributed by atoms with E-state index in [1.807, 2.05) is 0 Å². The lowest BCUT2D eigenvalue weighted by atomic mass is 10.1. The molecule has 22 heavy (non-hydrogen) atoms. The van der Waals surface area contributed by atoms with Gasteiger partial charge in [-0.3, -0.25) is 4.79 Å².